The number of anilines is 2. The highest BCUT2D eigenvalue weighted by Gasteiger charge is 2.23. The summed E-state index contributed by atoms with van der Waals surface area (Å²) in [4.78, 5) is 27.7. The van der Waals surface area contributed by atoms with Crippen LogP contribution in [-0.4, -0.2) is 46.8 Å². The fourth-order valence-electron chi connectivity index (χ4n) is 3.66. The number of carbonyl (C=O) groups is 2. The maximum absolute atomic E-state index is 13.2. The van der Waals surface area contributed by atoms with Crippen LogP contribution < -0.4 is 15.4 Å². The molecule has 0 saturated heterocycles. The minimum atomic E-state index is -0.327. The number of carbonyl (C=O) groups excluding carboxylic acids is 2. The van der Waals surface area contributed by atoms with Crippen LogP contribution >= 0.6 is 0 Å². The molecule has 0 aliphatic carbocycles. The van der Waals surface area contributed by atoms with Crippen molar-refractivity contribution in [2.75, 3.05) is 30.8 Å². The van der Waals surface area contributed by atoms with Crippen molar-refractivity contribution in [3.05, 3.63) is 65.9 Å². The number of ether oxygens (including phenoxy) is 1. The van der Waals surface area contributed by atoms with Crippen LogP contribution in [0.5, 0.6) is 5.75 Å². The molecule has 0 fully saturated rings. The summed E-state index contributed by atoms with van der Waals surface area (Å²) in [7, 11) is 1.59. The molecule has 0 atom stereocenters. The third-order valence-electron chi connectivity index (χ3n) is 5.83. The van der Waals surface area contributed by atoms with Crippen molar-refractivity contribution < 1.29 is 14.3 Å². The fourth-order valence-corrected chi connectivity index (χ4v) is 3.66. The molecular formula is C28H37N5O3. The Morgan fingerprint density at radius 1 is 1.06 bits per heavy atom. The summed E-state index contributed by atoms with van der Waals surface area (Å²) in [6, 6.07) is 16.6. The number of para-hydroxylation sites is 1. The molecule has 192 valence electrons. The van der Waals surface area contributed by atoms with Gasteiger partial charge in [0.1, 0.15) is 18.1 Å². The first-order valence-corrected chi connectivity index (χ1v) is 12.3. The first kappa shape index (κ1) is 26.8. The number of nitrogens with zero attached hydrogens (tertiary/aromatic N) is 3. The summed E-state index contributed by atoms with van der Waals surface area (Å²) in [5.74, 6) is 0.992. The molecule has 2 N–H and O–H groups in total. The van der Waals surface area contributed by atoms with Gasteiger partial charge in [-0.25, -0.2) is 9.48 Å². The van der Waals surface area contributed by atoms with Crippen LogP contribution in [0.3, 0.4) is 0 Å². The number of hydrogen-bond acceptors (Lipinski definition) is 4. The van der Waals surface area contributed by atoms with E-state index < -0.39 is 0 Å². The Labute approximate surface area is 213 Å². The van der Waals surface area contributed by atoms with Gasteiger partial charge in [0.15, 0.2) is 0 Å². The molecule has 0 radical (unpaired) electrons. The average molecular weight is 492 g/mol. The van der Waals surface area contributed by atoms with Crippen molar-refractivity contribution in [3.8, 4) is 11.4 Å². The van der Waals surface area contributed by atoms with E-state index in [-0.39, 0.29) is 23.9 Å². The molecule has 8 heteroatoms. The second-order valence-electron chi connectivity index (χ2n) is 9.85. The third kappa shape index (κ3) is 6.87. The largest absolute Gasteiger partial charge is 0.497 e. The van der Waals surface area contributed by atoms with Crippen LogP contribution in [0.2, 0.25) is 0 Å². The maximum Gasteiger partial charge on any atom is 0.322 e. The molecule has 1 heterocycles. The van der Waals surface area contributed by atoms with E-state index in [9.17, 15) is 9.59 Å². The Bertz CT molecular complexity index is 1180. The summed E-state index contributed by atoms with van der Waals surface area (Å²) in [5, 5.41) is 10.7. The molecule has 8 nitrogen and oxygen atoms in total. The highest BCUT2D eigenvalue weighted by molar-refractivity contribution is 5.96. The molecule has 3 amide bonds. The fraction of sp³-hybridized carbons (Fsp3) is 0.393. The Morgan fingerprint density at radius 3 is 2.36 bits per heavy atom. The van der Waals surface area contributed by atoms with E-state index >= 15 is 0 Å². The number of methoxy groups -OCH3 is 1. The molecule has 0 saturated carbocycles. The molecule has 2 aromatic carbocycles. The Kier molecular flexibility index (Phi) is 8.74. The first-order chi connectivity index (χ1) is 17.1. The van der Waals surface area contributed by atoms with E-state index in [1.807, 2.05) is 37.3 Å². The Balaban J connectivity index is 1.80. The van der Waals surface area contributed by atoms with E-state index in [4.69, 9.17) is 9.84 Å². The van der Waals surface area contributed by atoms with Crippen molar-refractivity contribution in [2.45, 2.75) is 52.9 Å². The summed E-state index contributed by atoms with van der Waals surface area (Å²) in [5.41, 5.74) is 3.23. The predicted octanol–water partition coefficient (Wildman–Crippen LogP) is 5.76. The number of nitrogens with one attached hydrogen (secondary N) is 2. The molecule has 36 heavy (non-hydrogen) atoms. The quantitative estimate of drug-likeness (QED) is 0.398. The SMILES string of the molecule is CCCCN(CC(=O)Nc1cc(C(C)(C)C)nn1-c1ccccc1C)C(=O)Nc1ccc(OC)cc1. The minimum absolute atomic E-state index is 0.0776. The zero-order valence-corrected chi connectivity index (χ0v) is 22.1. The van der Waals surface area contributed by atoms with Crippen LogP contribution in [0.1, 0.15) is 51.8 Å². The van der Waals surface area contributed by atoms with E-state index in [2.05, 4.69) is 38.3 Å². The van der Waals surface area contributed by atoms with Gasteiger partial charge in [0, 0.05) is 23.7 Å². The van der Waals surface area contributed by atoms with E-state index in [0.717, 1.165) is 29.8 Å². The van der Waals surface area contributed by atoms with Gasteiger partial charge in [-0.05, 0) is 49.2 Å². The number of aryl methyl sites for hydroxylation is 1. The molecular weight excluding hydrogens is 454 g/mol. The second kappa shape index (κ2) is 11.7. The number of aromatic nitrogens is 2. The Hall–Kier alpha value is -3.81. The van der Waals surface area contributed by atoms with Crippen LogP contribution in [0.4, 0.5) is 16.3 Å². The van der Waals surface area contributed by atoms with Gasteiger partial charge in [-0.3, -0.25) is 4.79 Å². The number of urea groups is 1. The monoisotopic (exact) mass is 491 g/mol. The maximum atomic E-state index is 13.2. The number of benzene rings is 2. The third-order valence-corrected chi connectivity index (χ3v) is 5.83. The van der Waals surface area contributed by atoms with Crippen LogP contribution in [0, 0.1) is 6.92 Å². The molecule has 0 aliphatic rings. The summed E-state index contributed by atoms with van der Waals surface area (Å²) < 4.78 is 6.94. The number of hydrogen-bond donors (Lipinski definition) is 2. The van der Waals surface area contributed by atoms with Gasteiger partial charge < -0.3 is 20.3 Å². The Morgan fingerprint density at radius 2 is 1.75 bits per heavy atom. The van der Waals surface area contributed by atoms with Gasteiger partial charge in [-0.1, -0.05) is 52.3 Å². The molecule has 3 rings (SSSR count). The van der Waals surface area contributed by atoms with E-state index in [1.165, 1.54) is 4.90 Å². The lowest BCUT2D eigenvalue weighted by Gasteiger charge is -2.22. The molecule has 1 aromatic heterocycles. The summed E-state index contributed by atoms with van der Waals surface area (Å²) in [6.07, 6.45) is 1.70. The lowest BCUT2D eigenvalue weighted by atomic mass is 9.92. The zero-order valence-electron chi connectivity index (χ0n) is 22.1. The van der Waals surface area contributed by atoms with Crippen LogP contribution in [0.15, 0.2) is 54.6 Å². The van der Waals surface area contributed by atoms with Crippen LogP contribution in [0.25, 0.3) is 5.69 Å². The van der Waals surface area contributed by atoms with Gasteiger partial charge in [0.25, 0.3) is 0 Å². The number of rotatable bonds is 9. The predicted molar refractivity (Wildman–Crippen MR) is 144 cm³/mol. The topological polar surface area (TPSA) is 88.5 Å². The van der Waals surface area contributed by atoms with Gasteiger partial charge in [-0.2, -0.15) is 5.10 Å². The lowest BCUT2D eigenvalue weighted by molar-refractivity contribution is -0.116. The van der Waals surface area contributed by atoms with Gasteiger partial charge in [0.05, 0.1) is 18.5 Å². The number of unbranched alkanes of at least 4 members (excludes halogenated alkanes) is 1. The second-order valence-corrected chi connectivity index (χ2v) is 9.85. The normalized spacial score (nSPS) is 11.2. The smallest absolute Gasteiger partial charge is 0.322 e. The van der Waals surface area contributed by atoms with Crippen LogP contribution in [-0.2, 0) is 10.2 Å². The van der Waals surface area contributed by atoms with Crippen molar-refractivity contribution in [3.63, 3.8) is 0 Å². The van der Waals surface area contributed by atoms with Crippen molar-refractivity contribution in [2.24, 2.45) is 0 Å². The summed E-state index contributed by atoms with van der Waals surface area (Å²) in [6.45, 7) is 10.7. The van der Waals surface area contributed by atoms with Crippen molar-refractivity contribution >= 4 is 23.4 Å². The standard InChI is InChI=1S/C28H37N5O3/c1-7-8-17-32(27(35)29-21-13-15-22(36-6)16-14-21)19-26(34)30-25-18-24(28(3,4)5)31-33(25)23-12-10-9-11-20(23)2/h9-16,18H,7-8,17,19H2,1-6H3,(H,29,35)(H,30,34). The summed E-state index contributed by atoms with van der Waals surface area (Å²) >= 11 is 0. The highest BCUT2D eigenvalue weighted by atomic mass is 16.5. The van der Waals surface area contributed by atoms with Crippen molar-refractivity contribution in [1.82, 2.24) is 14.7 Å². The number of amides is 3. The lowest BCUT2D eigenvalue weighted by Crippen LogP contribution is -2.41. The van der Waals surface area contributed by atoms with E-state index in [1.54, 1.807) is 36.1 Å². The average Bonchev–Trinajstić information content (AvgIpc) is 3.26. The van der Waals surface area contributed by atoms with Gasteiger partial charge in [-0.15, -0.1) is 0 Å². The molecule has 0 bridgehead atoms. The molecule has 0 aliphatic heterocycles. The first-order valence-electron chi connectivity index (χ1n) is 12.3. The van der Waals surface area contributed by atoms with E-state index in [0.29, 0.717) is 23.8 Å². The molecule has 0 spiro atoms. The molecule has 3 aromatic rings. The van der Waals surface area contributed by atoms with Gasteiger partial charge >= 0.3 is 6.03 Å². The molecule has 0 unspecified atom stereocenters. The van der Waals surface area contributed by atoms with Gasteiger partial charge in [0.2, 0.25) is 5.91 Å². The highest BCUT2D eigenvalue weighted by Crippen LogP contribution is 2.27. The van der Waals surface area contributed by atoms with Crippen molar-refractivity contribution in [1.29, 1.82) is 0 Å². The minimum Gasteiger partial charge on any atom is -0.497 e. The zero-order chi connectivity index (χ0) is 26.3.